The molecule has 82 valence electrons. The normalized spacial score (nSPS) is 20.7. The van der Waals surface area contributed by atoms with Crippen molar-refractivity contribution in [2.24, 2.45) is 5.41 Å². The lowest BCUT2D eigenvalue weighted by Crippen LogP contribution is -2.42. The fourth-order valence-corrected chi connectivity index (χ4v) is 2.69. The van der Waals surface area contributed by atoms with Gasteiger partial charge in [-0.2, -0.15) is 0 Å². The summed E-state index contributed by atoms with van der Waals surface area (Å²) in [6.45, 7) is 2.08. The maximum Gasteiger partial charge on any atom is 0.0597 e. The average molecular weight is 204 g/mol. The Morgan fingerprint density at radius 1 is 1.27 bits per heavy atom. The summed E-state index contributed by atoms with van der Waals surface area (Å²) in [5.74, 6) is 0. The van der Waals surface area contributed by atoms with E-state index < -0.39 is 0 Å². The molecule has 1 atom stereocenters. The van der Waals surface area contributed by atoms with Crippen LogP contribution in [0.15, 0.2) is 30.3 Å². The van der Waals surface area contributed by atoms with E-state index in [0.29, 0.717) is 0 Å². The zero-order valence-corrected chi connectivity index (χ0v) is 9.45. The van der Waals surface area contributed by atoms with Crippen LogP contribution in [0.5, 0.6) is 0 Å². The molecule has 1 nitrogen and oxygen atoms in total. The van der Waals surface area contributed by atoms with E-state index in [4.69, 9.17) is 0 Å². The van der Waals surface area contributed by atoms with Gasteiger partial charge in [0.15, 0.2) is 0 Å². The molecule has 1 aliphatic rings. The molecule has 0 amide bonds. The Balaban J connectivity index is 2.09. The molecule has 0 radical (unpaired) electrons. The maximum atomic E-state index is 10.1. The van der Waals surface area contributed by atoms with Crippen molar-refractivity contribution in [2.45, 2.75) is 45.1 Å². The molecule has 0 spiro atoms. The van der Waals surface area contributed by atoms with Gasteiger partial charge in [0.2, 0.25) is 0 Å². The van der Waals surface area contributed by atoms with Gasteiger partial charge in [0.1, 0.15) is 0 Å². The van der Waals surface area contributed by atoms with Gasteiger partial charge >= 0.3 is 0 Å². The Morgan fingerprint density at radius 2 is 1.93 bits per heavy atom. The highest BCUT2D eigenvalue weighted by molar-refractivity contribution is 5.18. The van der Waals surface area contributed by atoms with Crippen molar-refractivity contribution in [2.75, 3.05) is 0 Å². The summed E-state index contributed by atoms with van der Waals surface area (Å²) < 4.78 is 0. The molecule has 1 fully saturated rings. The minimum atomic E-state index is -0.119. The summed E-state index contributed by atoms with van der Waals surface area (Å²) in [6.07, 6.45) is 5.47. The largest absolute Gasteiger partial charge is 0.393 e. The standard InChI is InChI=1S/C14H20O/c1-2-13(15)14(9-6-10-14)11-12-7-4-3-5-8-12/h3-5,7-8,13,15H,2,6,9-11H2,1H3. The lowest BCUT2D eigenvalue weighted by Gasteiger charge is -2.45. The molecule has 0 saturated heterocycles. The number of rotatable bonds is 4. The van der Waals surface area contributed by atoms with Crippen molar-refractivity contribution >= 4 is 0 Å². The van der Waals surface area contributed by atoms with Crippen LogP contribution in [-0.2, 0) is 6.42 Å². The summed E-state index contributed by atoms with van der Waals surface area (Å²) in [7, 11) is 0. The van der Waals surface area contributed by atoms with Crippen molar-refractivity contribution in [1.82, 2.24) is 0 Å². The van der Waals surface area contributed by atoms with Gasteiger partial charge in [0, 0.05) is 5.41 Å². The number of hydrogen-bond acceptors (Lipinski definition) is 1. The second kappa shape index (κ2) is 4.36. The summed E-state index contributed by atoms with van der Waals surface area (Å²) in [5.41, 5.74) is 1.56. The smallest absolute Gasteiger partial charge is 0.0597 e. The molecule has 1 aromatic carbocycles. The number of benzene rings is 1. The highest BCUT2D eigenvalue weighted by atomic mass is 16.3. The van der Waals surface area contributed by atoms with Crippen LogP contribution in [0.25, 0.3) is 0 Å². The van der Waals surface area contributed by atoms with Gasteiger partial charge in [-0.3, -0.25) is 0 Å². The van der Waals surface area contributed by atoms with Gasteiger partial charge in [0.25, 0.3) is 0 Å². The number of aliphatic hydroxyl groups is 1. The molecule has 1 N–H and O–H groups in total. The predicted molar refractivity (Wildman–Crippen MR) is 62.7 cm³/mol. The summed E-state index contributed by atoms with van der Waals surface area (Å²) >= 11 is 0. The summed E-state index contributed by atoms with van der Waals surface area (Å²) in [5, 5.41) is 10.1. The Morgan fingerprint density at radius 3 is 2.40 bits per heavy atom. The van der Waals surface area contributed by atoms with Crippen molar-refractivity contribution in [3.63, 3.8) is 0 Å². The van der Waals surface area contributed by atoms with Gasteiger partial charge in [-0.25, -0.2) is 0 Å². The van der Waals surface area contributed by atoms with E-state index in [-0.39, 0.29) is 11.5 Å². The maximum absolute atomic E-state index is 10.1. The average Bonchev–Trinajstić information content (AvgIpc) is 2.24. The van der Waals surface area contributed by atoms with E-state index in [1.165, 1.54) is 24.8 Å². The van der Waals surface area contributed by atoms with E-state index in [9.17, 15) is 5.11 Å². The topological polar surface area (TPSA) is 20.2 Å². The first-order chi connectivity index (χ1) is 7.27. The van der Waals surface area contributed by atoms with E-state index in [2.05, 4.69) is 31.2 Å². The zero-order chi connectivity index (χ0) is 10.7. The molecule has 15 heavy (non-hydrogen) atoms. The van der Waals surface area contributed by atoms with Crippen LogP contribution in [-0.4, -0.2) is 11.2 Å². The molecule has 2 rings (SSSR count). The minimum absolute atomic E-state index is 0.119. The molecular formula is C14H20O. The van der Waals surface area contributed by atoms with Crippen molar-refractivity contribution in [3.05, 3.63) is 35.9 Å². The van der Waals surface area contributed by atoms with E-state index in [1.807, 2.05) is 6.07 Å². The summed E-state index contributed by atoms with van der Waals surface area (Å²) in [4.78, 5) is 0. The molecule has 0 aromatic heterocycles. The minimum Gasteiger partial charge on any atom is -0.393 e. The third kappa shape index (κ3) is 2.07. The second-order valence-corrected chi connectivity index (χ2v) is 4.80. The van der Waals surface area contributed by atoms with Crippen molar-refractivity contribution in [3.8, 4) is 0 Å². The van der Waals surface area contributed by atoms with E-state index >= 15 is 0 Å². The Labute approximate surface area is 92.1 Å². The third-order valence-electron chi connectivity index (χ3n) is 3.84. The fourth-order valence-electron chi connectivity index (χ4n) is 2.69. The Bertz CT molecular complexity index is 300. The Kier molecular flexibility index (Phi) is 3.11. The molecule has 0 bridgehead atoms. The van der Waals surface area contributed by atoms with Gasteiger partial charge in [-0.15, -0.1) is 0 Å². The molecule has 1 aliphatic carbocycles. The summed E-state index contributed by atoms with van der Waals surface area (Å²) in [6, 6.07) is 10.6. The van der Waals surface area contributed by atoms with Gasteiger partial charge in [-0.1, -0.05) is 43.7 Å². The van der Waals surface area contributed by atoms with E-state index in [1.54, 1.807) is 0 Å². The van der Waals surface area contributed by atoms with Crippen molar-refractivity contribution < 1.29 is 5.11 Å². The SMILES string of the molecule is CCC(O)C1(Cc2ccccc2)CCC1. The monoisotopic (exact) mass is 204 g/mol. The Hall–Kier alpha value is -0.820. The first kappa shape index (κ1) is 10.7. The van der Waals surface area contributed by atoms with Crippen LogP contribution in [0.4, 0.5) is 0 Å². The molecule has 1 heteroatoms. The molecule has 0 heterocycles. The lowest BCUT2D eigenvalue weighted by molar-refractivity contribution is -0.0362. The number of hydrogen-bond donors (Lipinski definition) is 1. The molecule has 1 saturated carbocycles. The lowest BCUT2D eigenvalue weighted by atomic mass is 9.61. The first-order valence-electron chi connectivity index (χ1n) is 5.99. The fraction of sp³-hybridized carbons (Fsp3) is 0.571. The highest BCUT2D eigenvalue weighted by Gasteiger charge is 2.42. The quantitative estimate of drug-likeness (QED) is 0.798. The van der Waals surface area contributed by atoms with Crippen LogP contribution in [0, 0.1) is 5.41 Å². The van der Waals surface area contributed by atoms with Gasteiger partial charge in [-0.05, 0) is 31.2 Å². The second-order valence-electron chi connectivity index (χ2n) is 4.80. The van der Waals surface area contributed by atoms with E-state index in [0.717, 1.165) is 12.8 Å². The highest BCUT2D eigenvalue weighted by Crippen LogP contribution is 2.47. The third-order valence-corrected chi connectivity index (χ3v) is 3.84. The van der Waals surface area contributed by atoms with Crippen LogP contribution >= 0.6 is 0 Å². The first-order valence-corrected chi connectivity index (χ1v) is 5.99. The van der Waals surface area contributed by atoms with Crippen LogP contribution in [0.1, 0.15) is 38.2 Å². The van der Waals surface area contributed by atoms with Gasteiger partial charge in [0.05, 0.1) is 6.10 Å². The molecule has 1 aromatic rings. The van der Waals surface area contributed by atoms with Crippen molar-refractivity contribution in [1.29, 1.82) is 0 Å². The van der Waals surface area contributed by atoms with Gasteiger partial charge < -0.3 is 5.11 Å². The number of aliphatic hydroxyl groups excluding tert-OH is 1. The van der Waals surface area contributed by atoms with Crippen LogP contribution in [0.2, 0.25) is 0 Å². The predicted octanol–water partition coefficient (Wildman–Crippen LogP) is 3.17. The molecule has 1 unspecified atom stereocenters. The van der Waals surface area contributed by atoms with Crippen LogP contribution in [0.3, 0.4) is 0 Å². The molecular weight excluding hydrogens is 184 g/mol. The molecule has 0 aliphatic heterocycles. The zero-order valence-electron chi connectivity index (χ0n) is 9.45. The van der Waals surface area contributed by atoms with Crippen LogP contribution < -0.4 is 0 Å².